The molecule has 0 fully saturated rings. The van der Waals surface area contributed by atoms with Gasteiger partial charge in [0.05, 0.1) is 12.7 Å². The van der Waals surface area contributed by atoms with E-state index in [0.29, 0.717) is 0 Å². The van der Waals surface area contributed by atoms with Gasteiger partial charge in [0, 0.05) is 6.04 Å². The van der Waals surface area contributed by atoms with Gasteiger partial charge < -0.3 is 14.8 Å². The van der Waals surface area contributed by atoms with E-state index in [-0.39, 0.29) is 17.4 Å². The molecule has 27 heavy (non-hydrogen) atoms. The van der Waals surface area contributed by atoms with Gasteiger partial charge in [-0.05, 0) is 50.5 Å². The Labute approximate surface area is 158 Å². The smallest absolute Gasteiger partial charge is 0.339 e. The van der Waals surface area contributed by atoms with E-state index < -0.39 is 23.8 Å². The number of carbonyl (C=O) groups excluding carboxylic acids is 2. The number of halogens is 1. The van der Waals surface area contributed by atoms with Crippen molar-refractivity contribution in [3.05, 3.63) is 65.5 Å². The molecule has 0 aliphatic heterocycles. The standard InChI is InChI=1S/C21H24FNO4/c1-14(9-10-16-7-5-4-6-8-16)23-20(24)15(2)27-21(25)17-11-12-19(26-3)18(22)13-17/h4-8,11-15H,9-10H2,1-3H3,(H,23,24)/t14-,15-/m0/s1. The number of hydrogen-bond acceptors (Lipinski definition) is 4. The quantitative estimate of drug-likeness (QED) is 0.719. The Hall–Kier alpha value is -2.89. The van der Waals surface area contributed by atoms with Crippen LogP contribution in [0.4, 0.5) is 4.39 Å². The van der Waals surface area contributed by atoms with Crippen LogP contribution in [-0.2, 0) is 16.0 Å². The van der Waals surface area contributed by atoms with E-state index in [0.717, 1.165) is 18.9 Å². The van der Waals surface area contributed by atoms with Gasteiger partial charge in [0.2, 0.25) is 0 Å². The van der Waals surface area contributed by atoms with Crippen molar-refractivity contribution in [3.63, 3.8) is 0 Å². The molecule has 0 radical (unpaired) electrons. The molecular weight excluding hydrogens is 349 g/mol. The Morgan fingerprint density at radius 3 is 2.44 bits per heavy atom. The van der Waals surface area contributed by atoms with Crippen molar-refractivity contribution in [1.82, 2.24) is 5.32 Å². The summed E-state index contributed by atoms with van der Waals surface area (Å²) in [5.41, 5.74) is 1.21. The van der Waals surface area contributed by atoms with Gasteiger partial charge in [0.15, 0.2) is 17.7 Å². The summed E-state index contributed by atoms with van der Waals surface area (Å²) >= 11 is 0. The van der Waals surface area contributed by atoms with Crippen LogP contribution in [0.15, 0.2) is 48.5 Å². The summed E-state index contributed by atoms with van der Waals surface area (Å²) in [6.45, 7) is 3.38. The highest BCUT2D eigenvalue weighted by Crippen LogP contribution is 2.18. The second-order valence-electron chi connectivity index (χ2n) is 6.33. The number of rotatable bonds is 8. The summed E-state index contributed by atoms with van der Waals surface area (Å²) in [4.78, 5) is 24.3. The van der Waals surface area contributed by atoms with E-state index in [9.17, 15) is 14.0 Å². The van der Waals surface area contributed by atoms with Crippen LogP contribution in [0.5, 0.6) is 5.75 Å². The highest BCUT2D eigenvalue weighted by Gasteiger charge is 2.21. The van der Waals surface area contributed by atoms with Gasteiger partial charge in [-0.1, -0.05) is 30.3 Å². The van der Waals surface area contributed by atoms with Crippen LogP contribution in [0.2, 0.25) is 0 Å². The first-order valence-electron chi connectivity index (χ1n) is 8.79. The molecular formula is C21H24FNO4. The first-order chi connectivity index (χ1) is 12.9. The number of methoxy groups -OCH3 is 1. The first kappa shape index (κ1) is 20.4. The van der Waals surface area contributed by atoms with E-state index >= 15 is 0 Å². The van der Waals surface area contributed by atoms with Crippen LogP contribution in [0.25, 0.3) is 0 Å². The van der Waals surface area contributed by atoms with Gasteiger partial charge in [-0.3, -0.25) is 4.79 Å². The maximum absolute atomic E-state index is 13.7. The summed E-state index contributed by atoms with van der Waals surface area (Å²) in [5, 5.41) is 2.83. The third-order valence-electron chi connectivity index (χ3n) is 4.14. The van der Waals surface area contributed by atoms with Crippen molar-refractivity contribution in [2.75, 3.05) is 7.11 Å². The lowest BCUT2D eigenvalue weighted by atomic mass is 10.1. The fourth-order valence-corrected chi connectivity index (χ4v) is 2.54. The lowest BCUT2D eigenvalue weighted by Gasteiger charge is -2.18. The molecule has 0 heterocycles. The zero-order chi connectivity index (χ0) is 19.8. The van der Waals surface area contributed by atoms with Crippen LogP contribution in [0.3, 0.4) is 0 Å². The third kappa shape index (κ3) is 6.09. The van der Waals surface area contributed by atoms with Crippen molar-refractivity contribution >= 4 is 11.9 Å². The average Bonchev–Trinajstić information content (AvgIpc) is 2.67. The Bertz CT molecular complexity index is 779. The Morgan fingerprint density at radius 1 is 1.11 bits per heavy atom. The third-order valence-corrected chi connectivity index (χ3v) is 4.14. The molecule has 2 aromatic rings. The monoisotopic (exact) mass is 373 g/mol. The molecule has 0 unspecified atom stereocenters. The predicted octanol–water partition coefficient (Wildman–Crippen LogP) is 3.52. The van der Waals surface area contributed by atoms with E-state index in [1.165, 1.54) is 31.7 Å². The predicted molar refractivity (Wildman–Crippen MR) is 100 cm³/mol. The number of ether oxygens (including phenoxy) is 2. The van der Waals surface area contributed by atoms with Crippen molar-refractivity contribution in [2.24, 2.45) is 0 Å². The minimum Gasteiger partial charge on any atom is -0.494 e. The highest BCUT2D eigenvalue weighted by molar-refractivity contribution is 5.92. The summed E-state index contributed by atoms with van der Waals surface area (Å²) in [7, 11) is 1.34. The zero-order valence-electron chi connectivity index (χ0n) is 15.7. The molecule has 2 rings (SSSR count). The fourth-order valence-electron chi connectivity index (χ4n) is 2.54. The maximum atomic E-state index is 13.7. The normalized spacial score (nSPS) is 12.7. The second kappa shape index (κ2) is 9.71. The molecule has 0 saturated heterocycles. The summed E-state index contributed by atoms with van der Waals surface area (Å²) in [6, 6.07) is 13.6. The summed E-state index contributed by atoms with van der Waals surface area (Å²) < 4.78 is 23.6. The molecule has 0 aromatic heterocycles. The minimum absolute atomic E-state index is 0.0186. The number of aryl methyl sites for hydroxylation is 1. The molecule has 0 aliphatic carbocycles. The number of amides is 1. The van der Waals surface area contributed by atoms with Crippen LogP contribution >= 0.6 is 0 Å². The molecule has 2 atom stereocenters. The van der Waals surface area contributed by atoms with Crippen LogP contribution in [0, 0.1) is 5.82 Å². The Kier molecular flexibility index (Phi) is 7.34. The number of carbonyl (C=O) groups is 2. The van der Waals surface area contributed by atoms with Crippen LogP contribution < -0.4 is 10.1 Å². The van der Waals surface area contributed by atoms with Crippen molar-refractivity contribution in [2.45, 2.75) is 38.8 Å². The molecule has 1 N–H and O–H groups in total. The lowest BCUT2D eigenvalue weighted by molar-refractivity contribution is -0.129. The molecule has 1 amide bonds. The van der Waals surface area contributed by atoms with Gasteiger partial charge >= 0.3 is 5.97 Å². The average molecular weight is 373 g/mol. The summed E-state index contributed by atoms with van der Waals surface area (Å²) in [6.07, 6.45) is 0.614. The number of esters is 1. The molecule has 0 spiro atoms. The Balaban J connectivity index is 1.83. The SMILES string of the molecule is COc1ccc(C(=O)O[C@@H](C)C(=O)N[C@@H](C)CCc2ccccc2)cc1F. The fraction of sp³-hybridized carbons (Fsp3) is 0.333. The van der Waals surface area contributed by atoms with Gasteiger partial charge in [0.1, 0.15) is 0 Å². The molecule has 0 saturated carbocycles. The van der Waals surface area contributed by atoms with Crippen molar-refractivity contribution in [3.8, 4) is 5.75 Å². The lowest BCUT2D eigenvalue weighted by Crippen LogP contribution is -2.41. The van der Waals surface area contributed by atoms with Gasteiger partial charge in [0.25, 0.3) is 5.91 Å². The number of nitrogens with one attached hydrogen (secondary N) is 1. The van der Waals surface area contributed by atoms with E-state index in [1.54, 1.807) is 0 Å². The molecule has 2 aromatic carbocycles. The molecule has 144 valence electrons. The van der Waals surface area contributed by atoms with E-state index in [4.69, 9.17) is 9.47 Å². The Morgan fingerprint density at radius 2 is 1.81 bits per heavy atom. The highest BCUT2D eigenvalue weighted by atomic mass is 19.1. The maximum Gasteiger partial charge on any atom is 0.339 e. The van der Waals surface area contributed by atoms with E-state index in [2.05, 4.69) is 5.32 Å². The number of hydrogen-bond donors (Lipinski definition) is 1. The van der Waals surface area contributed by atoms with Crippen LogP contribution in [-0.4, -0.2) is 31.1 Å². The minimum atomic E-state index is -0.984. The van der Waals surface area contributed by atoms with Crippen LogP contribution in [0.1, 0.15) is 36.2 Å². The largest absolute Gasteiger partial charge is 0.494 e. The van der Waals surface area contributed by atoms with Gasteiger partial charge in [-0.15, -0.1) is 0 Å². The van der Waals surface area contributed by atoms with Crippen molar-refractivity contribution < 1.29 is 23.5 Å². The topological polar surface area (TPSA) is 64.6 Å². The first-order valence-corrected chi connectivity index (χ1v) is 8.79. The van der Waals surface area contributed by atoms with Gasteiger partial charge in [-0.2, -0.15) is 0 Å². The summed E-state index contributed by atoms with van der Waals surface area (Å²) in [5.74, 6) is -1.79. The van der Waals surface area contributed by atoms with Gasteiger partial charge in [-0.25, -0.2) is 9.18 Å². The zero-order valence-corrected chi connectivity index (χ0v) is 15.7. The molecule has 5 nitrogen and oxygen atoms in total. The molecule has 0 aliphatic rings. The number of benzene rings is 2. The van der Waals surface area contributed by atoms with E-state index in [1.807, 2.05) is 37.3 Å². The molecule has 0 bridgehead atoms. The van der Waals surface area contributed by atoms with Crippen molar-refractivity contribution in [1.29, 1.82) is 0 Å². The second-order valence-corrected chi connectivity index (χ2v) is 6.33. The molecule has 6 heteroatoms.